The lowest BCUT2D eigenvalue weighted by atomic mass is 10.6. The molecule has 8 heteroatoms. The summed E-state index contributed by atoms with van der Waals surface area (Å²) in [6, 6.07) is 0. The largest absolute Gasteiger partial charge is 0.353 e. The van der Waals surface area contributed by atoms with E-state index >= 15 is 0 Å². The molecular weight excluding hydrogens is 162 g/mol. The molecule has 1 aliphatic rings. The van der Waals surface area contributed by atoms with Gasteiger partial charge in [-0.15, -0.1) is 0 Å². The molecule has 8 nitrogen and oxygen atoms in total. The number of hydrogen-bond donors (Lipinski definition) is 7. The van der Waals surface area contributed by atoms with Crippen molar-refractivity contribution in [2.45, 2.75) is 18.9 Å². The number of rotatable bonds is 3. The molecule has 0 aliphatic carbocycles. The lowest BCUT2D eigenvalue weighted by molar-refractivity contribution is -0.0218. The Labute approximate surface area is 70.3 Å². The van der Waals surface area contributed by atoms with Crippen molar-refractivity contribution in [3.63, 3.8) is 0 Å². The van der Waals surface area contributed by atoms with E-state index in [0.717, 1.165) is 0 Å². The van der Waals surface area contributed by atoms with Gasteiger partial charge in [0.15, 0.2) is 6.35 Å². The van der Waals surface area contributed by atoms with Gasteiger partial charge in [0.25, 0.3) is 0 Å². The van der Waals surface area contributed by atoms with E-state index in [9.17, 15) is 0 Å². The fraction of sp³-hybridized carbons (Fsp3) is 1.00. The standard InChI is InChI=1S/C4H15N7O/c1-12-4-8-2(10-5)7-3(9-4)11-6/h2-4,7-11H,5-6H2,1H3. The molecular formula is C4H15N7O. The zero-order valence-electron chi connectivity index (χ0n) is 6.79. The van der Waals surface area contributed by atoms with Crippen molar-refractivity contribution in [1.82, 2.24) is 26.8 Å². The first kappa shape index (κ1) is 9.77. The van der Waals surface area contributed by atoms with Crippen LogP contribution in [0.15, 0.2) is 0 Å². The summed E-state index contributed by atoms with van der Waals surface area (Å²) in [6.45, 7) is 0. The molecule has 0 aromatic carbocycles. The third-order valence-electron chi connectivity index (χ3n) is 1.54. The van der Waals surface area contributed by atoms with E-state index in [1.807, 2.05) is 0 Å². The van der Waals surface area contributed by atoms with Crippen LogP contribution in [0.5, 0.6) is 0 Å². The summed E-state index contributed by atoms with van der Waals surface area (Å²) < 4.78 is 5.00. The van der Waals surface area contributed by atoms with Gasteiger partial charge < -0.3 is 4.74 Å². The maximum Gasteiger partial charge on any atom is 0.167 e. The summed E-state index contributed by atoms with van der Waals surface area (Å²) in [5, 5.41) is 8.82. The van der Waals surface area contributed by atoms with Gasteiger partial charge in [-0.2, -0.15) is 0 Å². The van der Waals surface area contributed by atoms with E-state index < -0.39 is 0 Å². The minimum Gasteiger partial charge on any atom is -0.353 e. The summed E-state index contributed by atoms with van der Waals surface area (Å²) in [5.41, 5.74) is 4.99. The van der Waals surface area contributed by atoms with Gasteiger partial charge in [0.1, 0.15) is 12.6 Å². The second-order valence-electron chi connectivity index (χ2n) is 2.32. The Bertz CT molecular complexity index is 103. The van der Waals surface area contributed by atoms with Crippen LogP contribution in [-0.4, -0.2) is 26.0 Å². The monoisotopic (exact) mass is 177 g/mol. The molecule has 1 fully saturated rings. The van der Waals surface area contributed by atoms with Crippen molar-refractivity contribution in [2.75, 3.05) is 7.11 Å². The SMILES string of the molecule is COC1NC(NN)NC(NN)N1. The highest BCUT2D eigenvalue weighted by atomic mass is 16.5. The lowest BCUT2D eigenvalue weighted by Crippen LogP contribution is -2.76. The van der Waals surface area contributed by atoms with E-state index in [-0.39, 0.29) is 18.9 Å². The van der Waals surface area contributed by atoms with Gasteiger partial charge in [0.05, 0.1) is 0 Å². The van der Waals surface area contributed by atoms with Crippen LogP contribution < -0.4 is 38.5 Å². The Morgan fingerprint density at radius 2 is 1.58 bits per heavy atom. The molecule has 1 rings (SSSR count). The van der Waals surface area contributed by atoms with E-state index in [4.69, 9.17) is 16.4 Å². The van der Waals surface area contributed by atoms with Crippen LogP contribution in [-0.2, 0) is 4.74 Å². The maximum absolute atomic E-state index is 5.21. The predicted molar refractivity (Wildman–Crippen MR) is 42.4 cm³/mol. The number of hydrogen-bond acceptors (Lipinski definition) is 8. The molecule has 0 spiro atoms. The van der Waals surface area contributed by atoms with E-state index in [2.05, 4.69) is 26.8 Å². The quantitative estimate of drug-likeness (QED) is 0.173. The highest BCUT2D eigenvalue weighted by molar-refractivity contribution is 4.73. The predicted octanol–water partition coefficient (Wildman–Crippen LogP) is -3.81. The van der Waals surface area contributed by atoms with Gasteiger partial charge in [-0.3, -0.25) is 27.6 Å². The molecule has 1 aliphatic heterocycles. The zero-order chi connectivity index (χ0) is 8.97. The molecule has 1 heterocycles. The molecule has 0 radical (unpaired) electrons. The molecule has 1 saturated heterocycles. The molecule has 0 aromatic rings. The van der Waals surface area contributed by atoms with Gasteiger partial charge >= 0.3 is 0 Å². The topological polar surface area (TPSA) is 121 Å². The molecule has 9 N–H and O–H groups in total. The van der Waals surface area contributed by atoms with Gasteiger partial charge in [0, 0.05) is 7.11 Å². The number of hydrazine groups is 2. The second kappa shape index (κ2) is 4.64. The Morgan fingerprint density at radius 3 is 1.92 bits per heavy atom. The van der Waals surface area contributed by atoms with E-state index in [0.29, 0.717) is 0 Å². The Kier molecular flexibility index (Phi) is 3.78. The fourth-order valence-corrected chi connectivity index (χ4v) is 0.942. The highest BCUT2D eigenvalue weighted by Crippen LogP contribution is 1.88. The third kappa shape index (κ3) is 2.33. The Morgan fingerprint density at radius 1 is 1.08 bits per heavy atom. The first-order valence-corrected chi connectivity index (χ1v) is 3.53. The minimum absolute atomic E-state index is 0.253. The van der Waals surface area contributed by atoms with Crippen LogP contribution in [0.2, 0.25) is 0 Å². The fourth-order valence-electron chi connectivity index (χ4n) is 0.942. The normalized spacial score (nSPS) is 36.8. The lowest BCUT2D eigenvalue weighted by Gasteiger charge is -2.36. The molecule has 2 atom stereocenters. The van der Waals surface area contributed by atoms with Gasteiger partial charge in [-0.05, 0) is 0 Å². The average Bonchev–Trinajstić information content (AvgIpc) is 2.16. The van der Waals surface area contributed by atoms with Crippen molar-refractivity contribution >= 4 is 0 Å². The van der Waals surface area contributed by atoms with Crippen LogP contribution in [0.25, 0.3) is 0 Å². The van der Waals surface area contributed by atoms with E-state index in [1.165, 1.54) is 0 Å². The van der Waals surface area contributed by atoms with Crippen molar-refractivity contribution in [3.8, 4) is 0 Å². The number of nitrogens with one attached hydrogen (secondary N) is 5. The summed E-state index contributed by atoms with van der Waals surface area (Å²) in [5.74, 6) is 10.4. The zero-order valence-corrected chi connectivity index (χ0v) is 6.79. The number of methoxy groups -OCH3 is 1. The highest BCUT2D eigenvalue weighted by Gasteiger charge is 2.24. The van der Waals surface area contributed by atoms with Gasteiger partial charge in [0.2, 0.25) is 0 Å². The van der Waals surface area contributed by atoms with Gasteiger partial charge in [-0.1, -0.05) is 0 Å². The molecule has 0 bridgehead atoms. The Hall–Kier alpha value is -0.320. The first-order chi connectivity index (χ1) is 5.80. The summed E-state index contributed by atoms with van der Waals surface area (Å²) in [7, 11) is 1.57. The molecule has 2 unspecified atom stereocenters. The second-order valence-corrected chi connectivity index (χ2v) is 2.32. The van der Waals surface area contributed by atoms with Crippen LogP contribution in [0.4, 0.5) is 0 Å². The van der Waals surface area contributed by atoms with Gasteiger partial charge in [-0.25, -0.2) is 10.9 Å². The minimum atomic E-state index is -0.298. The molecule has 72 valence electrons. The van der Waals surface area contributed by atoms with Crippen molar-refractivity contribution in [2.24, 2.45) is 11.7 Å². The third-order valence-corrected chi connectivity index (χ3v) is 1.54. The Balaban J connectivity index is 2.41. The molecule has 12 heavy (non-hydrogen) atoms. The first-order valence-electron chi connectivity index (χ1n) is 3.53. The molecule has 0 aromatic heterocycles. The van der Waals surface area contributed by atoms with Crippen LogP contribution in [0.1, 0.15) is 0 Å². The van der Waals surface area contributed by atoms with Crippen LogP contribution in [0.3, 0.4) is 0 Å². The summed E-state index contributed by atoms with van der Waals surface area (Å²) in [6.07, 6.45) is -0.803. The number of nitrogens with two attached hydrogens (primary N) is 2. The van der Waals surface area contributed by atoms with Crippen molar-refractivity contribution < 1.29 is 4.74 Å². The molecule has 0 amide bonds. The summed E-state index contributed by atoms with van der Waals surface area (Å²) >= 11 is 0. The number of ether oxygens (including phenoxy) is 1. The van der Waals surface area contributed by atoms with Crippen LogP contribution in [0, 0.1) is 0 Å². The van der Waals surface area contributed by atoms with Crippen molar-refractivity contribution in [1.29, 1.82) is 0 Å². The summed E-state index contributed by atoms with van der Waals surface area (Å²) in [4.78, 5) is 0. The average molecular weight is 177 g/mol. The van der Waals surface area contributed by atoms with E-state index in [1.54, 1.807) is 7.11 Å². The van der Waals surface area contributed by atoms with Crippen molar-refractivity contribution in [3.05, 3.63) is 0 Å². The smallest absolute Gasteiger partial charge is 0.167 e. The van der Waals surface area contributed by atoms with Crippen LogP contribution >= 0.6 is 0 Å². The molecule has 0 saturated carbocycles. The maximum atomic E-state index is 5.21.